The lowest BCUT2D eigenvalue weighted by molar-refractivity contribution is -0.142. The van der Waals surface area contributed by atoms with Gasteiger partial charge < -0.3 is 21.1 Å². The Morgan fingerprint density at radius 3 is 2.67 bits per heavy atom. The number of nitrogen functional groups attached to an aromatic ring is 1. The highest BCUT2D eigenvalue weighted by molar-refractivity contribution is 5.83. The lowest BCUT2D eigenvalue weighted by Crippen LogP contribution is -2.45. The van der Waals surface area contributed by atoms with Crippen LogP contribution in [0.2, 0.25) is 0 Å². The molecule has 0 radical (unpaired) electrons. The summed E-state index contributed by atoms with van der Waals surface area (Å²) in [6, 6.07) is 3.65. The third-order valence-electron chi connectivity index (χ3n) is 4.38. The summed E-state index contributed by atoms with van der Waals surface area (Å²) < 4.78 is 5.06. The number of nitrogens with zero attached hydrogens (tertiary/aromatic N) is 2. The normalized spacial score (nSPS) is 16.6. The van der Waals surface area contributed by atoms with E-state index in [0.29, 0.717) is 44.0 Å². The van der Waals surface area contributed by atoms with Crippen LogP contribution < -0.4 is 11.5 Å². The number of pyridine rings is 1. The smallest absolute Gasteiger partial charge is 0.405 e. The molecule has 2 heterocycles. The van der Waals surface area contributed by atoms with Gasteiger partial charge in [-0.2, -0.15) is 0 Å². The first-order chi connectivity index (χ1) is 11.5. The first kappa shape index (κ1) is 18.0. The third kappa shape index (κ3) is 5.40. The van der Waals surface area contributed by atoms with Crippen molar-refractivity contribution in [2.75, 3.05) is 18.8 Å². The molecule has 7 nitrogen and oxygen atoms in total. The quantitative estimate of drug-likeness (QED) is 0.822. The number of aromatic nitrogens is 1. The molecule has 1 aromatic heterocycles. The summed E-state index contributed by atoms with van der Waals surface area (Å²) in [5.41, 5.74) is 12.2. The first-order valence-corrected chi connectivity index (χ1v) is 8.41. The van der Waals surface area contributed by atoms with Crippen LogP contribution in [0.4, 0.5) is 10.5 Å². The summed E-state index contributed by atoms with van der Waals surface area (Å²) in [7, 11) is 0. The molecule has 1 aliphatic heterocycles. The van der Waals surface area contributed by atoms with Crippen LogP contribution in [0.25, 0.3) is 0 Å². The van der Waals surface area contributed by atoms with Crippen molar-refractivity contribution in [2.45, 2.75) is 45.1 Å². The molecule has 4 N–H and O–H groups in total. The molecular formula is C17H26N4O3. The summed E-state index contributed by atoms with van der Waals surface area (Å²) in [6.07, 6.45) is 3.62. The maximum atomic E-state index is 12.6. The second-order valence-electron chi connectivity index (χ2n) is 6.41. The van der Waals surface area contributed by atoms with E-state index in [9.17, 15) is 9.59 Å². The van der Waals surface area contributed by atoms with Gasteiger partial charge in [0.25, 0.3) is 5.91 Å². The number of likely N-dealkylation sites (tertiary alicyclic amines) is 1. The number of aryl methyl sites for hydroxylation is 1. The van der Waals surface area contributed by atoms with Gasteiger partial charge in [-0.3, -0.25) is 9.78 Å². The van der Waals surface area contributed by atoms with E-state index in [1.54, 1.807) is 17.2 Å². The molecule has 0 aliphatic carbocycles. The molecule has 0 unspecified atom stereocenters. The predicted octanol–water partition coefficient (Wildman–Crippen LogP) is 1.71. The Labute approximate surface area is 142 Å². The number of carbonyl (C=O) groups excluding carboxylic acids is 2. The topological polar surface area (TPSA) is 112 Å². The molecule has 2 rings (SSSR count). The van der Waals surface area contributed by atoms with Gasteiger partial charge in [-0.15, -0.1) is 0 Å². The molecule has 1 saturated heterocycles. The number of piperidine rings is 1. The Hall–Kier alpha value is -2.31. The SMILES string of the molecule is CC1CCN(C(=O)[C@H](CCCc2ccc(N)cn2)OC(N)=O)CC1. The van der Waals surface area contributed by atoms with Crippen LogP contribution in [-0.2, 0) is 16.0 Å². The zero-order chi connectivity index (χ0) is 17.5. The fourth-order valence-corrected chi connectivity index (χ4v) is 2.86. The second kappa shape index (κ2) is 8.52. The van der Waals surface area contributed by atoms with Gasteiger partial charge in [0.05, 0.1) is 11.9 Å². The van der Waals surface area contributed by atoms with Crippen molar-refractivity contribution in [1.29, 1.82) is 0 Å². The number of carbonyl (C=O) groups is 2. The standard InChI is InChI=1S/C17H26N4O3/c1-12-7-9-21(10-8-12)16(22)15(24-17(19)23)4-2-3-14-6-5-13(18)11-20-14/h5-6,11-12,15H,2-4,7-10,18H2,1H3,(H2,19,23)/t15-/m0/s1. The van der Waals surface area contributed by atoms with E-state index in [-0.39, 0.29) is 5.91 Å². The molecule has 0 spiro atoms. The Kier molecular flexibility index (Phi) is 6.40. The minimum absolute atomic E-state index is 0.147. The third-order valence-corrected chi connectivity index (χ3v) is 4.38. The lowest BCUT2D eigenvalue weighted by Gasteiger charge is -2.32. The van der Waals surface area contributed by atoms with Gasteiger partial charge in [0, 0.05) is 18.8 Å². The lowest BCUT2D eigenvalue weighted by atomic mass is 9.98. The molecule has 132 valence electrons. The van der Waals surface area contributed by atoms with E-state index >= 15 is 0 Å². The minimum Gasteiger partial charge on any atom is -0.436 e. The predicted molar refractivity (Wildman–Crippen MR) is 91.0 cm³/mol. The highest BCUT2D eigenvalue weighted by Crippen LogP contribution is 2.19. The van der Waals surface area contributed by atoms with Gasteiger partial charge in [0.2, 0.25) is 0 Å². The summed E-state index contributed by atoms with van der Waals surface area (Å²) in [5, 5.41) is 0. The molecule has 0 bridgehead atoms. The van der Waals surface area contributed by atoms with Gasteiger partial charge in [0.15, 0.2) is 6.10 Å². The Morgan fingerprint density at radius 1 is 1.38 bits per heavy atom. The van der Waals surface area contributed by atoms with Crippen LogP contribution in [-0.4, -0.2) is 41.1 Å². The number of hydrogen-bond acceptors (Lipinski definition) is 5. The number of primary amides is 1. The Balaban J connectivity index is 1.88. The average molecular weight is 334 g/mol. The highest BCUT2D eigenvalue weighted by atomic mass is 16.6. The largest absolute Gasteiger partial charge is 0.436 e. The van der Waals surface area contributed by atoms with Crippen molar-refractivity contribution < 1.29 is 14.3 Å². The summed E-state index contributed by atoms with van der Waals surface area (Å²) in [5.74, 6) is 0.479. The van der Waals surface area contributed by atoms with Crippen LogP contribution in [0, 0.1) is 5.92 Å². The fourth-order valence-electron chi connectivity index (χ4n) is 2.86. The number of hydrogen-bond donors (Lipinski definition) is 2. The molecule has 1 fully saturated rings. The van der Waals surface area contributed by atoms with Crippen LogP contribution >= 0.6 is 0 Å². The number of nitrogens with two attached hydrogens (primary N) is 2. The molecule has 7 heteroatoms. The van der Waals surface area contributed by atoms with Gasteiger partial charge >= 0.3 is 6.09 Å². The maximum Gasteiger partial charge on any atom is 0.405 e. The van der Waals surface area contributed by atoms with Crippen LogP contribution in [0.1, 0.15) is 38.3 Å². The highest BCUT2D eigenvalue weighted by Gasteiger charge is 2.29. The average Bonchev–Trinajstić information content (AvgIpc) is 2.55. The summed E-state index contributed by atoms with van der Waals surface area (Å²) >= 11 is 0. The molecule has 2 amide bonds. The Bertz CT molecular complexity index is 553. The van der Waals surface area contributed by atoms with Crippen molar-refractivity contribution in [2.24, 2.45) is 11.7 Å². The van der Waals surface area contributed by atoms with Crippen LogP contribution in [0.5, 0.6) is 0 Å². The van der Waals surface area contributed by atoms with E-state index in [1.165, 1.54) is 0 Å². The minimum atomic E-state index is -0.913. The van der Waals surface area contributed by atoms with Crippen molar-refractivity contribution in [3.63, 3.8) is 0 Å². The molecule has 1 aliphatic rings. The number of anilines is 1. The van der Waals surface area contributed by atoms with Crippen molar-refractivity contribution in [3.8, 4) is 0 Å². The van der Waals surface area contributed by atoms with Gasteiger partial charge in [0.1, 0.15) is 0 Å². The molecule has 24 heavy (non-hydrogen) atoms. The van der Waals surface area contributed by atoms with Gasteiger partial charge in [-0.25, -0.2) is 4.79 Å². The number of rotatable bonds is 6. The van der Waals surface area contributed by atoms with Gasteiger partial charge in [-0.1, -0.05) is 6.92 Å². The van der Waals surface area contributed by atoms with Crippen molar-refractivity contribution in [1.82, 2.24) is 9.88 Å². The molecule has 0 saturated carbocycles. The van der Waals surface area contributed by atoms with E-state index in [0.717, 1.165) is 18.5 Å². The van der Waals surface area contributed by atoms with Crippen molar-refractivity contribution >= 4 is 17.7 Å². The van der Waals surface area contributed by atoms with E-state index in [2.05, 4.69) is 11.9 Å². The van der Waals surface area contributed by atoms with E-state index in [4.69, 9.17) is 16.2 Å². The van der Waals surface area contributed by atoms with E-state index in [1.807, 2.05) is 6.07 Å². The zero-order valence-electron chi connectivity index (χ0n) is 14.1. The number of ether oxygens (including phenoxy) is 1. The zero-order valence-corrected chi connectivity index (χ0v) is 14.1. The maximum absolute atomic E-state index is 12.6. The second-order valence-corrected chi connectivity index (χ2v) is 6.41. The summed E-state index contributed by atoms with van der Waals surface area (Å²) in [6.45, 7) is 3.59. The summed E-state index contributed by atoms with van der Waals surface area (Å²) in [4.78, 5) is 29.7. The van der Waals surface area contributed by atoms with Gasteiger partial charge in [-0.05, 0) is 50.2 Å². The Morgan fingerprint density at radius 2 is 2.08 bits per heavy atom. The molecule has 0 aromatic carbocycles. The monoisotopic (exact) mass is 334 g/mol. The van der Waals surface area contributed by atoms with E-state index < -0.39 is 12.2 Å². The molecule has 1 atom stereocenters. The van der Waals surface area contributed by atoms with Crippen LogP contribution in [0.3, 0.4) is 0 Å². The van der Waals surface area contributed by atoms with Crippen molar-refractivity contribution in [3.05, 3.63) is 24.0 Å². The van der Waals surface area contributed by atoms with Crippen LogP contribution in [0.15, 0.2) is 18.3 Å². The molecule has 1 aromatic rings. The first-order valence-electron chi connectivity index (χ1n) is 8.41. The number of amides is 2. The molecular weight excluding hydrogens is 308 g/mol. The fraction of sp³-hybridized carbons (Fsp3) is 0.588.